The SMILES string of the molecule is CC(C(=O)O)S(=O)(=O)Nc1ccccc1-c1cccs1. The van der Waals surface area contributed by atoms with Gasteiger partial charge in [-0.25, -0.2) is 8.42 Å². The van der Waals surface area contributed by atoms with Crippen molar-refractivity contribution in [1.29, 1.82) is 0 Å². The molecule has 0 aliphatic carbocycles. The lowest BCUT2D eigenvalue weighted by Gasteiger charge is -2.14. The summed E-state index contributed by atoms with van der Waals surface area (Å²) in [6, 6.07) is 10.6. The normalized spacial score (nSPS) is 12.8. The van der Waals surface area contributed by atoms with Crippen LogP contribution in [-0.2, 0) is 14.8 Å². The summed E-state index contributed by atoms with van der Waals surface area (Å²) < 4.78 is 26.3. The van der Waals surface area contributed by atoms with Crippen molar-refractivity contribution in [3.05, 3.63) is 41.8 Å². The van der Waals surface area contributed by atoms with Gasteiger partial charge in [-0.3, -0.25) is 9.52 Å². The molecule has 20 heavy (non-hydrogen) atoms. The van der Waals surface area contributed by atoms with Crippen LogP contribution in [-0.4, -0.2) is 24.7 Å². The second-order valence-corrected chi connectivity index (χ2v) is 7.10. The molecule has 7 heteroatoms. The predicted molar refractivity (Wildman–Crippen MR) is 79.4 cm³/mol. The van der Waals surface area contributed by atoms with Crippen molar-refractivity contribution in [3.63, 3.8) is 0 Å². The molecule has 1 aromatic heterocycles. The molecule has 0 bridgehead atoms. The number of carboxylic acids is 1. The first kappa shape index (κ1) is 14.5. The molecule has 1 unspecified atom stereocenters. The van der Waals surface area contributed by atoms with E-state index < -0.39 is 21.2 Å². The standard InChI is InChI=1S/C13H13NO4S2/c1-9(13(15)16)20(17,18)14-11-6-3-2-5-10(11)12-7-4-8-19-12/h2-9,14H,1H3,(H,15,16). The second-order valence-electron chi connectivity index (χ2n) is 4.15. The monoisotopic (exact) mass is 311 g/mol. The van der Waals surface area contributed by atoms with E-state index in [2.05, 4.69) is 4.72 Å². The van der Waals surface area contributed by atoms with E-state index >= 15 is 0 Å². The fraction of sp³-hybridized carbons (Fsp3) is 0.154. The van der Waals surface area contributed by atoms with E-state index in [0.717, 1.165) is 17.4 Å². The lowest BCUT2D eigenvalue weighted by Crippen LogP contribution is -2.32. The summed E-state index contributed by atoms with van der Waals surface area (Å²) in [6.07, 6.45) is 0. The topological polar surface area (TPSA) is 83.5 Å². The first-order valence-corrected chi connectivity index (χ1v) is 8.22. The number of thiophene rings is 1. The number of benzene rings is 1. The highest BCUT2D eigenvalue weighted by atomic mass is 32.2. The smallest absolute Gasteiger partial charge is 0.323 e. The van der Waals surface area contributed by atoms with Gasteiger partial charge in [-0.1, -0.05) is 24.3 Å². The first-order valence-electron chi connectivity index (χ1n) is 5.79. The van der Waals surface area contributed by atoms with E-state index in [0.29, 0.717) is 5.69 Å². The van der Waals surface area contributed by atoms with E-state index in [1.165, 1.54) is 11.3 Å². The Balaban J connectivity index is 2.38. The van der Waals surface area contributed by atoms with Gasteiger partial charge in [0.1, 0.15) is 0 Å². The summed E-state index contributed by atoms with van der Waals surface area (Å²) >= 11 is 1.48. The minimum absolute atomic E-state index is 0.378. The zero-order valence-corrected chi connectivity index (χ0v) is 12.2. The average molecular weight is 311 g/mol. The van der Waals surface area contributed by atoms with Crippen LogP contribution >= 0.6 is 11.3 Å². The Kier molecular flexibility index (Phi) is 4.10. The Labute approximate surface area is 120 Å². The van der Waals surface area contributed by atoms with Crippen LogP contribution in [0.25, 0.3) is 10.4 Å². The number of hydrogen-bond donors (Lipinski definition) is 2. The molecule has 0 saturated heterocycles. The van der Waals surface area contributed by atoms with Gasteiger partial charge in [-0.15, -0.1) is 11.3 Å². The van der Waals surface area contributed by atoms with E-state index in [-0.39, 0.29) is 0 Å². The molecule has 0 aliphatic rings. The van der Waals surface area contributed by atoms with Gasteiger partial charge in [0.2, 0.25) is 10.0 Å². The Morgan fingerprint density at radius 1 is 1.25 bits per heavy atom. The molecule has 0 saturated carbocycles. The highest BCUT2D eigenvalue weighted by molar-refractivity contribution is 7.94. The number of aliphatic carboxylic acids is 1. The van der Waals surface area contributed by atoms with Crippen molar-refractivity contribution in [1.82, 2.24) is 0 Å². The molecule has 106 valence electrons. The van der Waals surface area contributed by atoms with Crippen molar-refractivity contribution in [2.24, 2.45) is 0 Å². The van der Waals surface area contributed by atoms with Crippen molar-refractivity contribution >= 4 is 33.0 Å². The van der Waals surface area contributed by atoms with Gasteiger partial charge in [0.15, 0.2) is 5.25 Å². The summed E-state index contributed by atoms with van der Waals surface area (Å²) in [4.78, 5) is 11.7. The Bertz CT molecular complexity index is 708. The minimum atomic E-state index is -3.97. The van der Waals surface area contributed by atoms with Gasteiger partial charge in [0, 0.05) is 10.4 Å². The molecule has 2 rings (SSSR count). The van der Waals surface area contributed by atoms with Crippen LogP contribution in [0.1, 0.15) is 6.92 Å². The molecule has 2 aromatic rings. The summed E-state index contributed by atoms with van der Waals surface area (Å²) in [5, 5.41) is 9.21. The van der Waals surface area contributed by atoms with Crippen LogP contribution in [0.4, 0.5) is 5.69 Å². The van der Waals surface area contributed by atoms with Gasteiger partial charge in [-0.2, -0.15) is 0 Å². The lowest BCUT2D eigenvalue weighted by atomic mass is 10.1. The van der Waals surface area contributed by atoms with Crippen LogP contribution in [0.2, 0.25) is 0 Å². The highest BCUT2D eigenvalue weighted by Gasteiger charge is 2.28. The Hall–Kier alpha value is -1.86. The Morgan fingerprint density at radius 2 is 1.95 bits per heavy atom. The maximum atomic E-state index is 12.0. The van der Waals surface area contributed by atoms with Gasteiger partial charge in [0.05, 0.1) is 5.69 Å². The number of nitrogens with one attached hydrogen (secondary N) is 1. The predicted octanol–water partition coefficient (Wildman–Crippen LogP) is 2.63. The number of para-hydroxylation sites is 1. The molecule has 2 N–H and O–H groups in total. The van der Waals surface area contributed by atoms with Gasteiger partial charge in [0.25, 0.3) is 0 Å². The van der Waals surface area contributed by atoms with E-state index in [1.807, 2.05) is 17.5 Å². The fourth-order valence-electron chi connectivity index (χ4n) is 1.59. The van der Waals surface area contributed by atoms with Gasteiger partial charge < -0.3 is 5.11 Å². The summed E-state index contributed by atoms with van der Waals surface area (Å²) in [7, 11) is -3.97. The molecule has 1 aromatic carbocycles. The molecule has 0 radical (unpaired) electrons. The number of rotatable bonds is 5. The van der Waals surface area contributed by atoms with Gasteiger partial charge in [-0.05, 0) is 24.4 Å². The van der Waals surface area contributed by atoms with Crippen LogP contribution < -0.4 is 4.72 Å². The molecule has 5 nitrogen and oxygen atoms in total. The zero-order valence-electron chi connectivity index (χ0n) is 10.6. The molecule has 1 atom stereocenters. The number of carbonyl (C=O) groups is 1. The number of carboxylic acid groups (broad SMARTS) is 1. The maximum Gasteiger partial charge on any atom is 0.323 e. The average Bonchev–Trinajstić information content (AvgIpc) is 2.91. The van der Waals surface area contributed by atoms with E-state index in [1.54, 1.807) is 24.3 Å². The fourth-order valence-corrected chi connectivity index (χ4v) is 3.29. The molecule has 0 fully saturated rings. The lowest BCUT2D eigenvalue weighted by molar-refractivity contribution is -0.136. The van der Waals surface area contributed by atoms with Crippen molar-refractivity contribution in [2.75, 3.05) is 4.72 Å². The van der Waals surface area contributed by atoms with Crippen molar-refractivity contribution in [2.45, 2.75) is 12.2 Å². The quantitative estimate of drug-likeness (QED) is 0.889. The summed E-state index contributed by atoms with van der Waals surface area (Å²) in [6.45, 7) is 1.14. The molecule has 1 heterocycles. The van der Waals surface area contributed by atoms with E-state index in [9.17, 15) is 13.2 Å². The summed E-state index contributed by atoms with van der Waals surface area (Å²) in [5.41, 5.74) is 1.10. The van der Waals surface area contributed by atoms with Crippen molar-refractivity contribution in [3.8, 4) is 10.4 Å². The van der Waals surface area contributed by atoms with E-state index in [4.69, 9.17) is 5.11 Å². The largest absolute Gasteiger partial charge is 0.480 e. The first-order chi connectivity index (χ1) is 9.42. The Morgan fingerprint density at radius 3 is 2.55 bits per heavy atom. The van der Waals surface area contributed by atoms with Crippen LogP contribution in [0.15, 0.2) is 41.8 Å². The third-order valence-electron chi connectivity index (χ3n) is 2.78. The third kappa shape index (κ3) is 3.00. The number of sulfonamides is 1. The second kappa shape index (κ2) is 5.64. The van der Waals surface area contributed by atoms with Crippen LogP contribution in [0.5, 0.6) is 0 Å². The van der Waals surface area contributed by atoms with Crippen LogP contribution in [0.3, 0.4) is 0 Å². The molecular weight excluding hydrogens is 298 g/mol. The van der Waals surface area contributed by atoms with Crippen LogP contribution in [0, 0.1) is 0 Å². The zero-order chi connectivity index (χ0) is 14.8. The number of hydrogen-bond acceptors (Lipinski definition) is 4. The molecule has 0 spiro atoms. The third-order valence-corrected chi connectivity index (χ3v) is 5.32. The molecular formula is C13H13NO4S2. The van der Waals surface area contributed by atoms with Gasteiger partial charge >= 0.3 is 5.97 Å². The molecule has 0 amide bonds. The highest BCUT2D eigenvalue weighted by Crippen LogP contribution is 2.32. The number of anilines is 1. The maximum absolute atomic E-state index is 12.0. The summed E-state index contributed by atoms with van der Waals surface area (Å²) in [5.74, 6) is -1.38. The van der Waals surface area contributed by atoms with Crippen molar-refractivity contribution < 1.29 is 18.3 Å². The minimum Gasteiger partial charge on any atom is -0.480 e. The molecule has 0 aliphatic heterocycles.